The molecule has 146 valence electrons. The van der Waals surface area contributed by atoms with Crippen LogP contribution in [0.3, 0.4) is 0 Å². The first-order valence-corrected chi connectivity index (χ1v) is 10.2. The van der Waals surface area contributed by atoms with E-state index in [4.69, 9.17) is 16.3 Å². The van der Waals surface area contributed by atoms with Gasteiger partial charge in [-0.1, -0.05) is 84.4 Å². The smallest absolute Gasteiger partial charge is 0.204 e. The quantitative estimate of drug-likeness (QED) is 0.486. The number of carbonyl (C=O) groups excluding carboxylic acids is 1. The summed E-state index contributed by atoms with van der Waals surface area (Å²) in [5.74, 6) is 0.632. The molecule has 0 amide bonds. The monoisotopic (exact) mass is 410 g/mol. The Hall–Kier alpha value is -3.36. The van der Waals surface area contributed by atoms with Crippen LogP contribution in [-0.4, -0.2) is 11.4 Å². The van der Waals surface area contributed by atoms with Gasteiger partial charge in [0.05, 0.1) is 0 Å². The van der Waals surface area contributed by atoms with Crippen LogP contribution in [0.1, 0.15) is 23.6 Å². The van der Waals surface area contributed by atoms with Crippen molar-refractivity contribution in [3.05, 3.63) is 124 Å². The summed E-state index contributed by atoms with van der Waals surface area (Å²) in [5, 5.41) is 0.674. The van der Waals surface area contributed by atoms with Gasteiger partial charge in [-0.25, -0.2) is 0 Å². The van der Waals surface area contributed by atoms with Gasteiger partial charge in [0.15, 0.2) is 5.60 Å². The lowest BCUT2D eigenvalue weighted by atomic mass is 9.82. The number of ether oxygens (including phenoxy) is 1. The Balaban J connectivity index is 1.78. The molecule has 0 bridgehead atoms. The molecule has 0 fully saturated rings. The molecule has 3 heteroatoms. The Kier molecular flexibility index (Phi) is 4.45. The zero-order chi connectivity index (χ0) is 20.7. The maximum atomic E-state index is 13.2. The van der Waals surface area contributed by atoms with Crippen molar-refractivity contribution in [3.8, 4) is 0 Å². The summed E-state index contributed by atoms with van der Waals surface area (Å²) in [4.78, 5) is 13.2. The fraction of sp³-hybridized carbons (Fsp3) is 0.0741. The van der Waals surface area contributed by atoms with Crippen molar-refractivity contribution in [1.82, 2.24) is 0 Å². The van der Waals surface area contributed by atoms with Crippen molar-refractivity contribution in [1.29, 1.82) is 0 Å². The SMILES string of the molecule is C[C@@]12OC(c3ccccc3)=CC(c3ccc(Cl)cc3)=C1C(c1ccccc1)=CC2=O. The van der Waals surface area contributed by atoms with Gasteiger partial charge >= 0.3 is 0 Å². The lowest BCUT2D eigenvalue weighted by Crippen LogP contribution is -2.37. The third kappa shape index (κ3) is 3.01. The number of halogens is 1. The van der Waals surface area contributed by atoms with Crippen LogP contribution in [0, 0.1) is 0 Å². The molecular weight excluding hydrogens is 392 g/mol. The summed E-state index contributed by atoms with van der Waals surface area (Å²) in [5.41, 5.74) is 4.60. The van der Waals surface area contributed by atoms with Gasteiger partial charge in [0.25, 0.3) is 0 Å². The summed E-state index contributed by atoms with van der Waals surface area (Å²) < 4.78 is 6.40. The first kappa shape index (κ1) is 18.7. The first-order valence-electron chi connectivity index (χ1n) is 9.85. The minimum absolute atomic E-state index is 0.0515. The highest BCUT2D eigenvalue weighted by molar-refractivity contribution is 6.30. The molecule has 1 aliphatic carbocycles. The molecule has 0 aromatic heterocycles. The highest BCUT2D eigenvalue weighted by Gasteiger charge is 2.49. The number of benzene rings is 3. The Morgan fingerprint density at radius 2 is 1.33 bits per heavy atom. The first-order chi connectivity index (χ1) is 14.6. The van der Waals surface area contributed by atoms with Crippen LogP contribution in [-0.2, 0) is 9.53 Å². The van der Waals surface area contributed by atoms with E-state index in [1.807, 2.05) is 97.9 Å². The number of allylic oxidation sites excluding steroid dienone is 2. The van der Waals surface area contributed by atoms with E-state index in [0.29, 0.717) is 10.8 Å². The van der Waals surface area contributed by atoms with Gasteiger partial charge in [0.2, 0.25) is 5.78 Å². The summed E-state index contributed by atoms with van der Waals surface area (Å²) in [6.07, 6.45) is 3.74. The van der Waals surface area contributed by atoms with Crippen LogP contribution in [0.4, 0.5) is 0 Å². The van der Waals surface area contributed by atoms with Gasteiger partial charge in [-0.15, -0.1) is 0 Å². The van der Waals surface area contributed by atoms with E-state index in [1.54, 1.807) is 6.08 Å². The number of hydrogen-bond donors (Lipinski definition) is 0. The van der Waals surface area contributed by atoms with Crippen LogP contribution < -0.4 is 0 Å². The fourth-order valence-electron chi connectivity index (χ4n) is 4.12. The van der Waals surface area contributed by atoms with Crippen LogP contribution in [0.2, 0.25) is 5.02 Å². The second kappa shape index (κ2) is 7.16. The zero-order valence-electron chi connectivity index (χ0n) is 16.4. The van der Waals surface area contributed by atoms with E-state index in [1.165, 1.54) is 0 Å². The van der Waals surface area contributed by atoms with E-state index in [2.05, 4.69) is 0 Å². The molecule has 0 spiro atoms. The van der Waals surface area contributed by atoms with Crippen molar-refractivity contribution < 1.29 is 9.53 Å². The van der Waals surface area contributed by atoms with Crippen LogP contribution in [0.25, 0.3) is 16.9 Å². The molecule has 0 saturated carbocycles. The molecule has 3 aromatic rings. The summed E-state index contributed by atoms with van der Waals surface area (Å²) in [7, 11) is 0. The van der Waals surface area contributed by atoms with Gasteiger partial charge in [-0.05, 0) is 53.5 Å². The fourth-order valence-corrected chi connectivity index (χ4v) is 4.25. The van der Waals surface area contributed by atoms with Crippen molar-refractivity contribution >= 4 is 34.3 Å². The second-order valence-electron chi connectivity index (χ2n) is 7.59. The molecule has 1 atom stereocenters. The average Bonchev–Trinajstić information content (AvgIpc) is 3.05. The molecule has 1 heterocycles. The van der Waals surface area contributed by atoms with Crippen LogP contribution in [0.15, 0.2) is 103 Å². The molecule has 3 aromatic carbocycles. The summed E-state index contributed by atoms with van der Waals surface area (Å²) in [6, 6.07) is 27.6. The molecule has 0 saturated heterocycles. The number of hydrogen-bond acceptors (Lipinski definition) is 2. The van der Waals surface area contributed by atoms with Gasteiger partial charge in [-0.2, -0.15) is 0 Å². The van der Waals surface area contributed by atoms with E-state index >= 15 is 0 Å². The van der Waals surface area contributed by atoms with Crippen molar-refractivity contribution in [2.24, 2.45) is 0 Å². The van der Waals surface area contributed by atoms with Gasteiger partial charge in [-0.3, -0.25) is 4.79 Å². The summed E-state index contributed by atoms with van der Waals surface area (Å²) in [6.45, 7) is 1.86. The predicted octanol–water partition coefficient (Wildman–Crippen LogP) is 6.59. The largest absolute Gasteiger partial charge is 0.474 e. The van der Waals surface area contributed by atoms with E-state index < -0.39 is 5.60 Å². The molecule has 0 N–H and O–H groups in total. The molecule has 30 heavy (non-hydrogen) atoms. The number of rotatable bonds is 3. The third-order valence-electron chi connectivity index (χ3n) is 5.65. The number of carbonyl (C=O) groups is 1. The standard InChI is InChI=1S/C27H19ClO2/c1-27-25(29)17-23(18-8-4-2-5-9-18)26(27)22(19-12-14-21(28)15-13-19)16-24(30-27)20-10-6-3-7-11-20/h2-17H,1H3/t27-/m0/s1. The molecule has 2 aliphatic rings. The Labute approximate surface area is 180 Å². The lowest BCUT2D eigenvalue weighted by molar-refractivity contribution is -0.126. The Morgan fingerprint density at radius 1 is 0.733 bits per heavy atom. The molecule has 0 radical (unpaired) electrons. The molecule has 1 aliphatic heterocycles. The Morgan fingerprint density at radius 3 is 1.97 bits per heavy atom. The Bertz CT molecular complexity index is 1220. The molecular formula is C27H19ClO2. The van der Waals surface area contributed by atoms with Crippen LogP contribution in [0.5, 0.6) is 0 Å². The zero-order valence-corrected chi connectivity index (χ0v) is 17.2. The number of ketones is 1. The normalized spacial score (nSPS) is 20.4. The third-order valence-corrected chi connectivity index (χ3v) is 5.90. The number of fused-ring (bicyclic) bond motifs is 1. The molecule has 0 unspecified atom stereocenters. The van der Waals surface area contributed by atoms with Crippen LogP contribution >= 0.6 is 11.6 Å². The van der Waals surface area contributed by atoms with Crippen molar-refractivity contribution in [2.45, 2.75) is 12.5 Å². The minimum atomic E-state index is -1.08. The second-order valence-corrected chi connectivity index (χ2v) is 8.03. The van der Waals surface area contributed by atoms with E-state index in [9.17, 15) is 4.79 Å². The molecule has 2 nitrogen and oxygen atoms in total. The van der Waals surface area contributed by atoms with Crippen molar-refractivity contribution in [2.75, 3.05) is 0 Å². The maximum Gasteiger partial charge on any atom is 0.204 e. The highest BCUT2D eigenvalue weighted by Crippen LogP contribution is 2.50. The van der Waals surface area contributed by atoms with Gasteiger partial charge < -0.3 is 4.74 Å². The highest BCUT2D eigenvalue weighted by atomic mass is 35.5. The van der Waals surface area contributed by atoms with E-state index in [-0.39, 0.29) is 5.78 Å². The average molecular weight is 411 g/mol. The minimum Gasteiger partial charge on any atom is -0.474 e. The summed E-state index contributed by atoms with van der Waals surface area (Å²) >= 11 is 6.14. The molecule has 5 rings (SSSR count). The predicted molar refractivity (Wildman–Crippen MR) is 122 cm³/mol. The maximum absolute atomic E-state index is 13.2. The van der Waals surface area contributed by atoms with Crippen molar-refractivity contribution in [3.63, 3.8) is 0 Å². The lowest BCUT2D eigenvalue weighted by Gasteiger charge is -2.34. The van der Waals surface area contributed by atoms with Gasteiger partial charge in [0.1, 0.15) is 5.76 Å². The van der Waals surface area contributed by atoms with E-state index in [0.717, 1.165) is 33.4 Å². The topological polar surface area (TPSA) is 26.3 Å². The van der Waals surface area contributed by atoms with Gasteiger partial charge in [0, 0.05) is 16.2 Å².